The van der Waals surface area contributed by atoms with Crippen LogP contribution in [0.4, 0.5) is 0 Å². The molecular formula is C22H35N3O6. The molecule has 174 valence electrons. The molecule has 0 spiro atoms. The van der Waals surface area contributed by atoms with E-state index in [1.807, 2.05) is 6.92 Å². The summed E-state index contributed by atoms with van der Waals surface area (Å²) in [7, 11) is 4.68. The van der Waals surface area contributed by atoms with Crippen molar-refractivity contribution in [2.24, 2.45) is 5.92 Å². The molecule has 0 aromatic heterocycles. The predicted molar refractivity (Wildman–Crippen MR) is 117 cm³/mol. The number of nitrogens with one attached hydrogen (secondary N) is 2. The van der Waals surface area contributed by atoms with Crippen LogP contribution in [0.3, 0.4) is 0 Å². The van der Waals surface area contributed by atoms with E-state index in [1.54, 1.807) is 13.1 Å². The topological polar surface area (TPSA) is 106 Å². The second-order valence-electron chi connectivity index (χ2n) is 7.06. The van der Waals surface area contributed by atoms with E-state index in [0.29, 0.717) is 37.4 Å². The SMILES string of the molecule is CCCCCC(C(=O)NCNC)C(CC)N(C=O)OC(=O)c1ccc(OC)c(OC)c1. The predicted octanol–water partition coefficient (Wildman–Crippen LogP) is 2.50. The maximum Gasteiger partial charge on any atom is 0.363 e. The summed E-state index contributed by atoms with van der Waals surface area (Å²) in [5.41, 5.74) is 0.196. The van der Waals surface area contributed by atoms with Gasteiger partial charge in [-0.3, -0.25) is 9.59 Å². The van der Waals surface area contributed by atoms with E-state index in [-0.39, 0.29) is 11.5 Å². The monoisotopic (exact) mass is 437 g/mol. The number of hydroxylamine groups is 2. The van der Waals surface area contributed by atoms with Gasteiger partial charge >= 0.3 is 5.97 Å². The van der Waals surface area contributed by atoms with E-state index >= 15 is 0 Å². The van der Waals surface area contributed by atoms with Crippen molar-refractivity contribution < 1.29 is 28.7 Å². The van der Waals surface area contributed by atoms with Gasteiger partial charge in [0.2, 0.25) is 12.3 Å². The van der Waals surface area contributed by atoms with Crippen molar-refractivity contribution in [3.63, 3.8) is 0 Å². The number of carbonyl (C=O) groups is 3. The van der Waals surface area contributed by atoms with Crippen molar-refractivity contribution in [3.8, 4) is 11.5 Å². The highest BCUT2D eigenvalue weighted by Gasteiger charge is 2.33. The first kappa shape index (κ1) is 26.2. The molecule has 0 fully saturated rings. The van der Waals surface area contributed by atoms with Crippen LogP contribution in [0, 0.1) is 5.92 Å². The molecule has 2 unspecified atom stereocenters. The van der Waals surface area contributed by atoms with Gasteiger partial charge in [-0.15, -0.1) is 0 Å². The van der Waals surface area contributed by atoms with Crippen LogP contribution < -0.4 is 20.1 Å². The molecule has 31 heavy (non-hydrogen) atoms. The van der Waals surface area contributed by atoms with Gasteiger partial charge in [-0.25, -0.2) is 4.79 Å². The Kier molecular flexibility index (Phi) is 12.0. The minimum atomic E-state index is -0.727. The lowest BCUT2D eigenvalue weighted by Gasteiger charge is -2.31. The second kappa shape index (κ2) is 14.2. The number of carbonyl (C=O) groups excluding carboxylic acids is 3. The van der Waals surface area contributed by atoms with Crippen molar-refractivity contribution in [3.05, 3.63) is 23.8 Å². The number of benzene rings is 1. The maximum atomic E-state index is 12.8. The van der Waals surface area contributed by atoms with Gasteiger partial charge in [-0.1, -0.05) is 33.1 Å². The Morgan fingerprint density at radius 1 is 1.13 bits per heavy atom. The minimum Gasteiger partial charge on any atom is -0.493 e. The molecule has 9 heteroatoms. The highest BCUT2D eigenvalue weighted by molar-refractivity contribution is 5.90. The molecule has 0 radical (unpaired) electrons. The van der Waals surface area contributed by atoms with Crippen LogP contribution in [0.5, 0.6) is 11.5 Å². The molecule has 1 rings (SSSR count). The van der Waals surface area contributed by atoms with Crippen LogP contribution in [0.25, 0.3) is 0 Å². The fourth-order valence-corrected chi connectivity index (χ4v) is 3.34. The molecule has 0 saturated carbocycles. The molecule has 0 saturated heterocycles. The number of hydrogen-bond donors (Lipinski definition) is 2. The highest BCUT2D eigenvalue weighted by Crippen LogP contribution is 2.28. The van der Waals surface area contributed by atoms with E-state index in [9.17, 15) is 14.4 Å². The van der Waals surface area contributed by atoms with Gasteiger partial charge in [-0.05, 0) is 38.1 Å². The van der Waals surface area contributed by atoms with Crippen molar-refractivity contribution in [2.45, 2.75) is 52.0 Å². The van der Waals surface area contributed by atoms with Gasteiger partial charge in [0, 0.05) is 0 Å². The number of nitrogens with zero attached hydrogens (tertiary/aromatic N) is 1. The molecule has 0 heterocycles. The molecular weight excluding hydrogens is 402 g/mol. The molecule has 1 aromatic carbocycles. The molecule has 1 aromatic rings. The standard InChI is InChI=1S/C22H35N3O6/c1-6-8-9-10-17(21(27)24-14-23-3)18(7-2)25(15-26)31-22(28)16-11-12-19(29-4)20(13-16)30-5/h11-13,15,17-18,23H,6-10,14H2,1-5H3,(H,24,27). The zero-order valence-corrected chi connectivity index (χ0v) is 19.1. The summed E-state index contributed by atoms with van der Waals surface area (Å²) < 4.78 is 10.4. The van der Waals surface area contributed by atoms with E-state index < -0.39 is 17.9 Å². The molecule has 2 atom stereocenters. The smallest absolute Gasteiger partial charge is 0.363 e. The first-order valence-corrected chi connectivity index (χ1v) is 10.6. The Labute approximate surface area is 184 Å². The number of methoxy groups -OCH3 is 2. The lowest BCUT2D eigenvalue weighted by atomic mass is 9.90. The van der Waals surface area contributed by atoms with Crippen LogP contribution in [0.15, 0.2) is 18.2 Å². The zero-order valence-electron chi connectivity index (χ0n) is 19.1. The first-order valence-electron chi connectivity index (χ1n) is 10.6. The van der Waals surface area contributed by atoms with Crippen LogP contribution in [0.2, 0.25) is 0 Å². The third kappa shape index (κ3) is 7.75. The summed E-state index contributed by atoms with van der Waals surface area (Å²) in [6.07, 6.45) is 4.29. The zero-order chi connectivity index (χ0) is 23.2. The summed E-state index contributed by atoms with van der Waals surface area (Å²) in [6, 6.07) is 3.99. The van der Waals surface area contributed by atoms with Gasteiger partial charge in [0.1, 0.15) is 0 Å². The van der Waals surface area contributed by atoms with Crippen LogP contribution >= 0.6 is 0 Å². The number of amides is 2. The van der Waals surface area contributed by atoms with E-state index in [0.717, 1.165) is 24.3 Å². The van der Waals surface area contributed by atoms with Crippen molar-refractivity contribution in [2.75, 3.05) is 27.9 Å². The quantitative estimate of drug-likeness (QED) is 0.188. The average Bonchev–Trinajstić information content (AvgIpc) is 2.80. The number of hydrogen-bond acceptors (Lipinski definition) is 7. The van der Waals surface area contributed by atoms with Gasteiger partial charge in [0.15, 0.2) is 11.5 Å². The number of ether oxygens (including phenoxy) is 2. The summed E-state index contributed by atoms with van der Waals surface area (Å²) in [5, 5.41) is 6.63. The summed E-state index contributed by atoms with van der Waals surface area (Å²) in [4.78, 5) is 42.7. The highest BCUT2D eigenvalue weighted by atomic mass is 16.7. The maximum absolute atomic E-state index is 12.8. The Balaban J connectivity index is 3.05. The fraction of sp³-hybridized carbons (Fsp3) is 0.591. The first-order chi connectivity index (χ1) is 15.0. The van der Waals surface area contributed by atoms with E-state index in [1.165, 1.54) is 26.4 Å². The van der Waals surface area contributed by atoms with Gasteiger partial charge in [0.05, 0.1) is 38.4 Å². The van der Waals surface area contributed by atoms with E-state index in [2.05, 4.69) is 17.6 Å². The second-order valence-corrected chi connectivity index (χ2v) is 7.06. The van der Waals surface area contributed by atoms with Crippen LogP contribution in [-0.4, -0.2) is 57.3 Å². The lowest BCUT2D eigenvalue weighted by Crippen LogP contribution is -2.48. The van der Waals surface area contributed by atoms with Gasteiger partial charge < -0.3 is 24.9 Å². The molecule has 0 bridgehead atoms. The van der Waals surface area contributed by atoms with Gasteiger partial charge in [-0.2, -0.15) is 5.06 Å². The summed E-state index contributed by atoms with van der Waals surface area (Å²) >= 11 is 0. The molecule has 9 nitrogen and oxygen atoms in total. The Morgan fingerprint density at radius 3 is 2.39 bits per heavy atom. The van der Waals surface area contributed by atoms with Crippen molar-refractivity contribution in [1.82, 2.24) is 15.7 Å². The summed E-state index contributed by atoms with van der Waals surface area (Å²) in [6.45, 7) is 4.24. The molecule has 2 amide bonds. The van der Waals surface area contributed by atoms with Crippen molar-refractivity contribution >= 4 is 18.3 Å². The molecule has 0 aliphatic carbocycles. The third-order valence-corrected chi connectivity index (χ3v) is 5.02. The van der Waals surface area contributed by atoms with Crippen LogP contribution in [0.1, 0.15) is 56.3 Å². The minimum absolute atomic E-state index is 0.189. The Bertz CT molecular complexity index is 712. The van der Waals surface area contributed by atoms with Gasteiger partial charge in [0.25, 0.3) is 0 Å². The fourth-order valence-electron chi connectivity index (χ4n) is 3.34. The molecule has 2 N–H and O–H groups in total. The van der Waals surface area contributed by atoms with Crippen LogP contribution in [-0.2, 0) is 14.4 Å². The average molecular weight is 438 g/mol. The van der Waals surface area contributed by atoms with E-state index in [4.69, 9.17) is 14.3 Å². The Hall–Kier alpha value is -2.81. The number of unbranched alkanes of at least 4 members (excludes halogenated alkanes) is 2. The van der Waals surface area contributed by atoms with Crippen molar-refractivity contribution in [1.29, 1.82) is 0 Å². The summed E-state index contributed by atoms with van der Waals surface area (Å²) in [5.74, 6) is -0.588. The number of rotatable bonds is 15. The normalized spacial score (nSPS) is 12.4. The molecule has 0 aliphatic rings. The molecule has 0 aliphatic heterocycles. The lowest BCUT2D eigenvalue weighted by molar-refractivity contribution is -0.171. The Morgan fingerprint density at radius 2 is 1.84 bits per heavy atom. The third-order valence-electron chi connectivity index (χ3n) is 5.02. The largest absolute Gasteiger partial charge is 0.493 e.